The zero-order valence-electron chi connectivity index (χ0n) is 20.1. The molecule has 0 spiro atoms. The van der Waals surface area contributed by atoms with Crippen LogP contribution in [0.5, 0.6) is 5.75 Å². The minimum absolute atomic E-state index is 0.0728. The van der Waals surface area contributed by atoms with Gasteiger partial charge in [-0.05, 0) is 63.8 Å². The molecule has 2 aromatic heterocycles. The van der Waals surface area contributed by atoms with E-state index in [1.54, 1.807) is 37.9 Å². The molecule has 1 fully saturated rings. The molecule has 0 aliphatic carbocycles. The summed E-state index contributed by atoms with van der Waals surface area (Å²) in [6.45, 7) is 6.48. The van der Waals surface area contributed by atoms with Crippen molar-refractivity contribution >= 4 is 17.1 Å². The van der Waals surface area contributed by atoms with E-state index in [0.717, 1.165) is 12.5 Å². The molecular weight excluding hydrogens is 475 g/mol. The number of amides is 1. The van der Waals surface area contributed by atoms with Crippen LogP contribution in [0.25, 0.3) is 22.3 Å². The first-order chi connectivity index (χ1) is 16.9. The van der Waals surface area contributed by atoms with Gasteiger partial charge in [0.25, 0.3) is 0 Å². The van der Waals surface area contributed by atoms with Crippen LogP contribution in [0.4, 0.5) is 18.0 Å². The maximum Gasteiger partial charge on any atom is 0.419 e. The average molecular weight is 502 g/mol. The van der Waals surface area contributed by atoms with Crippen LogP contribution >= 0.6 is 0 Å². The molecule has 1 aliphatic rings. The van der Waals surface area contributed by atoms with Crippen molar-refractivity contribution in [2.45, 2.75) is 45.4 Å². The van der Waals surface area contributed by atoms with Gasteiger partial charge in [-0.3, -0.25) is 0 Å². The number of benzene rings is 1. The first-order valence-electron chi connectivity index (χ1n) is 11.5. The third-order valence-electron chi connectivity index (χ3n) is 5.80. The molecule has 0 radical (unpaired) electrons. The number of aromatic nitrogens is 3. The molecular formula is C25H26F3N5O3. The monoisotopic (exact) mass is 501 g/mol. The average Bonchev–Trinajstić information content (AvgIpc) is 3.46. The molecule has 11 heteroatoms. The fraction of sp³-hybridized carbons (Fsp3) is 0.440. The van der Waals surface area contributed by atoms with E-state index in [1.165, 1.54) is 12.1 Å². The topological polar surface area (TPSA) is 104 Å². The fourth-order valence-corrected chi connectivity index (χ4v) is 4.13. The number of rotatable bonds is 5. The summed E-state index contributed by atoms with van der Waals surface area (Å²) in [6.07, 6.45) is -2.23. The lowest BCUT2D eigenvalue weighted by atomic mass is 10.0. The number of hydrogen-bond acceptors (Lipinski definition) is 6. The Morgan fingerprint density at radius 3 is 2.72 bits per heavy atom. The van der Waals surface area contributed by atoms with Crippen LogP contribution in [0.15, 0.2) is 30.5 Å². The van der Waals surface area contributed by atoms with Crippen LogP contribution < -0.4 is 4.74 Å². The number of carbonyl (C=O) groups excluding carboxylic acids is 1. The summed E-state index contributed by atoms with van der Waals surface area (Å²) in [5.41, 5.74) is -0.733. The molecule has 1 aliphatic heterocycles. The van der Waals surface area contributed by atoms with Crippen molar-refractivity contribution in [1.82, 2.24) is 19.9 Å². The number of nitrogens with zero attached hydrogens (tertiary/aromatic N) is 4. The maximum atomic E-state index is 13.9. The van der Waals surface area contributed by atoms with Gasteiger partial charge in [0.1, 0.15) is 23.1 Å². The van der Waals surface area contributed by atoms with Crippen LogP contribution in [-0.2, 0) is 10.9 Å². The van der Waals surface area contributed by atoms with E-state index in [9.17, 15) is 23.2 Å². The SMILES string of the molecule is CC(C)(C)OC(=O)N1CCC(CCOc2ccc(-c3nc(C#N)nc4[nH]ccc34)cc2C(F)(F)F)C1. The first-order valence-corrected chi connectivity index (χ1v) is 11.5. The summed E-state index contributed by atoms with van der Waals surface area (Å²) < 4.78 is 52.7. The Balaban J connectivity index is 1.47. The van der Waals surface area contributed by atoms with Gasteiger partial charge < -0.3 is 19.4 Å². The van der Waals surface area contributed by atoms with Crippen molar-refractivity contribution < 1.29 is 27.4 Å². The van der Waals surface area contributed by atoms with Gasteiger partial charge in [-0.25, -0.2) is 14.8 Å². The third kappa shape index (κ3) is 5.70. The van der Waals surface area contributed by atoms with Crippen molar-refractivity contribution in [1.29, 1.82) is 5.26 Å². The van der Waals surface area contributed by atoms with Crippen molar-refractivity contribution in [3.8, 4) is 23.1 Å². The Kier molecular flexibility index (Phi) is 6.80. The number of fused-ring (bicyclic) bond motifs is 1. The molecule has 1 atom stereocenters. The molecule has 4 rings (SSSR count). The molecule has 1 aromatic carbocycles. The molecule has 36 heavy (non-hydrogen) atoms. The minimum atomic E-state index is -4.66. The Morgan fingerprint density at radius 1 is 1.25 bits per heavy atom. The number of alkyl halides is 3. The molecule has 0 saturated carbocycles. The highest BCUT2D eigenvalue weighted by atomic mass is 19.4. The number of aromatic amines is 1. The predicted octanol–water partition coefficient (Wildman–Crippen LogP) is 5.54. The molecule has 8 nitrogen and oxygen atoms in total. The Bertz CT molecular complexity index is 1310. The molecule has 3 heterocycles. The zero-order valence-corrected chi connectivity index (χ0v) is 20.1. The number of H-pyrrole nitrogens is 1. The first kappa shape index (κ1) is 25.3. The Labute approximate surface area is 206 Å². The molecule has 0 bridgehead atoms. The number of ether oxygens (including phenoxy) is 2. The van der Waals surface area contributed by atoms with Gasteiger partial charge in [0.05, 0.1) is 17.9 Å². The Morgan fingerprint density at radius 2 is 2.03 bits per heavy atom. The summed E-state index contributed by atoms with van der Waals surface area (Å²) >= 11 is 0. The second-order valence-electron chi connectivity index (χ2n) is 9.67. The van der Waals surface area contributed by atoms with Crippen LogP contribution in [0, 0.1) is 17.2 Å². The lowest BCUT2D eigenvalue weighted by molar-refractivity contribution is -0.138. The lowest BCUT2D eigenvalue weighted by Gasteiger charge is -2.24. The number of likely N-dealkylation sites (tertiary alicyclic amines) is 1. The highest BCUT2D eigenvalue weighted by Gasteiger charge is 2.35. The number of hydrogen-bond donors (Lipinski definition) is 1. The standard InChI is InChI=1S/C25H26F3N5O3/c1-24(2,3)36-23(34)33-10-7-15(14-33)8-11-35-19-5-4-16(12-18(19)25(26,27)28)21-17-6-9-30-22(17)32-20(13-29)31-21/h4-6,9,12,15H,7-8,10-11,14H2,1-3H3,(H,30,31,32). The number of carbonyl (C=O) groups is 1. The van der Waals surface area contributed by atoms with E-state index in [1.807, 2.05) is 6.07 Å². The largest absolute Gasteiger partial charge is 0.493 e. The molecule has 1 unspecified atom stereocenters. The number of nitrogens with one attached hydrogen (secondary N) is 1. The molecule has 1 saturated heterocycles. The van der Waals surface area contributed by atoms with Crippen molar-refractivity contribution in [3.63, 3.8) is 0 Å². The summed E-state index contributed by atoms with van der Waals surface area (Å²) in [5, 5.41) is 9.71. The van der Waals surface area contributed by atoms with E-state index in [-0.39, 0.29) is 41.4 Å². The van der Waals surface area contributed by atoms with Crippen LogP contribution in [-0.4, -0.2) is 51.2 Å². The van der Waals surface area contributed by atoms with Gasteiger partial charge >= 0.3 is 12.3 Å². The van der Waals surface area contributed by atoms with E-state index >= 15 is 0 Å². The van der Waals surface area contributed by atoms with Gasteiger partial charge in [-0.15, -0.1) is 0 Å². The summed E-state index contributed by atoms with van der Waals surface area (Å²) in [7, 11) is 0. The fourth-order valence-electron chi connectivity index (χ4n) is 4.13. The summed E-state index contributed by atoms with van der Waals surface area (Å²) in [6, 6.07) is 7.21. The highest BCUT2D eigenvalue weighted by Crippen LogP contribution is 2.39. The summed E-state index contributed by atoms with van der Waals surface area (Å²) in [5.74, 6) is -0.322. The molecule has 3 aromatic rings. The van der Waals surface area contributed by atoms with Gasteiger partial charge in [0, 0.05) is 30.2 Å². The van der Waals surface area contributed by atoms with Crippen molar-refractivity contribution in [3.05, 3.63) is 41.9 Å². The lowest BCUT2D eigenvalue weighted by Crippen LogP contribution is -2.35. The smallest absolute Gasteiger partial charge is 0.419 e. The highest BCUT2D eigenvalue weighted by molar-refractivity contribution is 5.91. The van der Waals surface area contributed by atoms with E-state index in [4.69, 9.17) is 9.47 Å². The van der Waals surface area contributed by atoms with E-state index < -0.39 is 17.3 Å². The quantitative estimate of drug-likeness (QED) is 0.492. The van der Waals surface area contributed by atoms with Crippen molar-refractivity contribution in [2.75, 3.05) is 19.7 Å². The van der Waals surface area contributed by atoms with Gasteiger partial charge in [0.15, 0.2) is 0 Å². The maximum absolute atomic E-state index is 13.9. The second-order valence-corrected chi connectivity index (χ2v) is 9.67. The van der Waals surface area contributed by atoms with Crippen molar-refractivity contribution in [2.24, 2.45) is 5.92 Å². The molecule has 190 valence electrons. The third-order valence-corrected chi connectivity index (χ3v) is 5.80. The molecule has 1 N–H and O–H groups in total. The van der Waals surface area contributed by atoms with Gasteiger partial charge in [-0.2, -0.15) is 18.4 Å². The van der Waals surface area contributed by atoms with E-state index in [0.29, 0.717) is 30.5 Å². The van der Waals surface area contributed by atoms with E-state index in [2.05, 4.69) is 15.0 Å². The molecule has 1 amide bonds. The summed E-state index contributed by atoms with van der Waals surface area (Å²) in [4.78, 5) is 24.9. The minimum Gasteiger partial charge on any atom is -0.493 e. The zero-order chi connectivity index (χ0) is 26.1. The number of halogens is 3. The second kappa shape index (κ2) is 9.68. The normalized spacial score (nSPS) is 16.2. The Hall–Kier alpha value is -3.81. The van der Waals surface area contributed by atoms with Gasteiger partial charge in [-0.1, -0.05) is 0 Å². The van der Waals surface area contributed by atoms with Gasteiger partial charge in [0.2, 0.25) is 5.82 Å². The number of nitriles is 1. The van der Waals surface area contributed by atoms with Crippen LogP contribution in [0.1, 0.15) is 45.0 Å². The van der Waals surface area contributed by atoms with Crippen LogP contribution in [0.2, 0.25) is 0 Å². The predicted molar refractivity (Wildman–Crippen MR) is 125 cm³/mol. The van der Waals surface area contributed by atoms with Crippen LogP contribution in [0.3, 0.4) is 0 Å².